The van der Waals surface area contributed by atoms with Crippen LogP contribution >= 0.6 is 11.8 Å². The second-order valence-corrected chi connectivity index (χ2v) is 7.93. The zero-order chi connectivity index (χ0) is 22.0. The number of benzene rings is 2. The molecule has 2 aromatic carbocycles. The van der Waals surface area contributed by atoms with Crippen molar-refractivity contribution >= 4 is 23.5 Å². The van der Waals surface area contributed by atoms with Gasteiger partial charge in [0.15, 0.2) is 5.16 Å². The quantitative estimate of drug-likeness (QED) is 0.448. The van der Waals surface area contributed by atoms with E-state index in [1.807, 2.05) is 0 Å². The molecule has 1 aliphatic rings. The summed E-state index contributed by atoms with van der Waals surface area (Å²) in [5.74, 6) is 0.826. The van der Waals surface area contributed by atoms with E-state index < -0.39 is 5.92 Å². The number of hydrogen-bond donors (Lipinski definition) is 2. The van der Waals surface area contributed by atoms with Crippen LogP contribution in [0.3, 0.4) is 0 Å². The van der Waals surface area contributed by atoms with Crippen molar-refractivity contribution in [1.82, 2.24) is 9.97 Å². The Morgan fingerprint density at radius 3 is 2.61 bits per heavy atom. The summed E-state index contributed by atoms with van der Waals surface area (Å²) >= 11 is 1.30. The number of fused-ring (bicyclic) bond motifs is 1. The van der Waals surface area contributed by atoms with Crippen LogP contribution in [0.5, 0.6) is 11.5 Å². The lowest BCUT2D eigenvalue weighted by Crippen LogP contribution is -2.31. The smallest absolute Gasteiger partial charge is 0.257 e. The van der Waals surface area contributed by atoms with Crippen LogP contribution in [0.4, 0.5) is 10.2 Å². The summed E-state index contributed by atoms with van der Waals surface area (Å²) in [5.41, 5.74) is 1.65. The first kappa shape index (κ1) is 20.9. The number of H-pyrrole nitrogens is 1. The Morgan fingerprint density at radius 1 is 1.13 bits per heavy atom. The van der Waals surface area contributed by atoms with E-state index >= 15 is 0 Å². The minimum absolute atomic E-state index is 0.0997. The number of carbonyl (C=O) groups is 1. The summed E-state index contributed by atoms with van der Waals surface area (Å²) < 4.78 is 23.8. The molecule has 4 rings (SSSR count). The molecule has 0 bridgehead atoms. The van der Waals surface area contributed by atoms with E-state index in [-0.39, 0.29) is 29.5 Å². The minimum atomic E-state index is -0.503. The second kappa shape index (κ2) is 8.81. The van der Waals surface area contributed by atoms with Gasteiger partial charge in [-0.05, 0) is 23.8 Å². The standard InChI is InChI=1S/C22H20FN3O4S/c1-29-14-7-8-15(17(9-14)30-2)16-10-18(27)24-20-19(16)21(28)26-22(25-20)31-11-12-3-5-13(23)6-4-12/h3-9,16H,10-11H2,1-2H3,(H2,24,25,26,27,28)/t16-/m0/s1. The Morgan fingerprint density at radius 2 is 1.90 bits per heavy atom. The van der Waals surface area contributed by atoms with Crippen LogP contribution in [-0.4, -0.2) is 30.1 Å². The van der Waals surface area contributed by atoms with Crippen molar-refractivity contribution in [3.8, 4) is 11.5 Å². The largest absolute Gasteiger partial charge is 0.497 e. The zero-order valence-electron chi connectivity index (χ0n) is 16.9. The number of halogens is 1. The van der Waals surface area contributed by atoms with Gasteiger partial charge in [-0.15, -0.1) is 0 Å². The molecule has 7 nitrogen and oxygen atoms in total. The average molecular weight is 441 g/mol. The number of ether oxygens (including phenoxy) is 2. The van der Waals surface area contributed by atoms with Crippen molar-refractivity contribution in [3.05, 3.63) is 75.3 Å². The van der Waals surface area contributed by atoms with Crippen molar-refractivity contribution in [1.29, 1.82) is 0 Å². The Kier molecular flexibility index (Phi) is 5.94. The van der Waals surface area contributed by atoms with Gasteiger partial charge in [-0.25, -0.2) is 9.37 Å². The summed E-state index contributed by atoms with van der Waals surface area (Å²) in [5, 5.41) is 3.08. The van der Waals surface area contributed by atoms with Crippen LogP contribution in [-0.2, 0) is 10.5 Å². The van der Waals surface area contributed by atoms with Crippen LogP contribution in [0, 0.1) is 5.82 Å². The molecule has 0 radical (unpaired) electrons. The predicted molar refractivity (Wildman–Crippen MR) is 115 cm³/mol. The van der Waals surface area contributed by atoms with Gasteiger partial charge in [-0.2, -0.15) is 0 Å². The molecule has 31 heavy (non-hydrogen) atoms. The Labute approximate surface area is 182 Å². The first-order valence-corrected chi connectivity index (χ1v) is 10.5. The van der Waals surface area contributed by atoms with Gasteiger partial charge in [0.05, 0.1) is 19.8 Å². The van der Waals surface area contributed by atoms with Crippen LogP contribution in [0.1, 0.15) is 29.0 Å². The number of carbonyl (C=O) groups excluding carboxylic acids is 1. The van der Waals surface area contributed by atoms with Crippen molar-refractivity contribution in [2.75, 3.05) is 19.5 Å². The first-order chi connectivity index (χ1) is 15.0. The van der Waals surface area contributed by atoms with E-state index in [9.17, 15) is 14.0 Å². The predicted octanol–water partition coefficient (Wildman–Crippen LogP) is 3.69. The second-order valence-electron chi connectivity index (χ2n) is 6.96. The Bertz CT molecular complexity index is 1180. The van der Waals surface area contributed by atoms with Gasteiger partial charge in [-0.3, -0.25) is 9.59 Å². The van der Waals surface area contributed by atoms with E-state index in [2.05, 4.69) is 15.3 Å². The zero-order valence-corrected chi connectivity index (χ0v) is 17.7. The van der Waals surface area contributed by atoms with Gasteiger partial charge >= 0.3 is 0 Å². The molecule has 3 aromatic rings. The topological polar surface area (TPSA) is 93.3 Å². The third-order valence-electron chi connectivity index (χ3n) is 5.03. The number of rotatable bonds is 6. The fourth-order valence-electron chi connectivity index (χ4n) is 3.52. The molecular weight excluding hydrogens is 421 g/mol. The van der Waals surface area contributed by atoms with Gasteiger partial charge in [0.2, 0.25) is 5.91 Å². The third kappa shape index (κ3) is 4.41. The molecule has 9 heteroatoms. The number of anilines is 1. The molecule has 2 N–H and O–H groups in total. The van der Waals surface area contributed by atoms with E-state index in [0.717, 1.165) is 5.56 Å². The highest BCUT2D eigenvalue weighted by Gasteiger charge is 2.32. The molecule has 160 valence electrons. The maximum absolute atomic E-state index is 13.1. The number of nitrogens with one attached hydrogen (secondary N) is 2. The molecule has 0 fully saturated rings. The number of methoxy groups -OCH3 is 2. The number of hydrogen-bond acceptors (Lipinski definition) is 6. The van der Waals surface area contributed by atoms with Crippen LogP contribution < -0.4 is 20.3 Å². The maximum atomic E-state index is 13.1. The molecule has 1 aromatic heterocycles. The molecule has 0 saturated heterocycles. The normalized spacial score (nSPS) is 15.2. The summed E-state index contributed by atoms with van der Waals surface area (Å²) in [7, 11) is 3.08. The summed E-state index contributed by atoms with van der Waals surface area (Å²) in [6.07, 6.45) is 0.0997. The lowest BCUT2D eigenvalue weighted by molar-refractivity contribution is -0.116. The maximum Gasteiger partial charge on any atom is 0.257 e. The van der Waals surface area contributed by atoms with Crippen molar-refractivity contribution < 1.29 is 18.7 Å². The number of aromatic nitrogens is 2. The molecule has 1 atom stereocenters. The number of aromatic amines is 1. The average Bonchev–Trinajstić information content (AvgIpc) is 2.77. The summed E-state index contributed by atoms with van der Waals surface area (Å²) in [4.78, 5) is 32.6. The molecule has 0 spiro atoms. The monoisotopic (exact) mass is 441 g/mol. The minimum Gasteiger partial charge on any atom is -0.497 e. The molecule has 1 aliphatic heterocycles. The van der Waals surface area contributed by atoms with Gasteiger partial charge < -0.3 is 19.8 Å². The van der Waals surface area contributed by atoms with Crippen molar-refractivity contribution in [2.45, 2.75) is 23.2 Å². The molecule has 1 amide bonds. The van der Waals surface area contributed by atoms with E-state index in [4.69, 9.17) is 9.47 Å². The first-order valence-electron chi connectivity index (χ1n) is 9.51. The van der Waals surface area contributed by atoms with E-state index in [1.165, 1.54) is 31.0 Å². The lowest BCUT2D eigenvalue weighted by Gasteiger charge is -2.26. The molecule has 2 heterocycles. The van der Waals surface area contributed by atoms with Crippen molar-refractivity contribution in [2.24, 2.45) is 0 Å². The fraction of sp³-hybridized carbons (Fsp3) is 0.227. The summed E-state index contributed by atoms with van der Waals surface area (Å²) in [6, 6.07) is 11.4. The van der Waals surface area contributed by atoms with Gasteiger partial charge in [0.1, 0.15) is 23.1 Å². The third-order valence-corrected chi connectivity index (χ3v) is 5.98. The highest BCUT2D eigenvalue weighted by atomic mass is 32.2. The van der Waals surface area contributed by atoms with Crippen molar-refractivity contribution in [3.63, 3.8) is 0 Å². The lowest BCUT2D eigenvalue weighted by atomic mass is 9.86. The highest BCUT2D eigenvalue weighted by molar-refractivity contribution is 7.98. The Balaban J connectivity index is 1.67. The molecule has 0 unspecified atom stereocenters. The fourth-order valence-corrected chi connectivity index (χ4v) is 4.34. The van der Waals surface area contributed by atoms with Gasteiger partial charge in [0, 0.05) is 29.7 Å². The van der Waals surface area contributed by atoms with Crippen LogP contribution in [0.2, 0.25) is 0 Å². The summed E-state index contributed by atoms with van der Waals surface area (Å²) in [6.45, 7) is 0. The molecule has 0 aliphatic carbocycles. The van der Waals surface area contributed by atoms with Gasteiger partial charge in [-0.1, -0.05) is 30.0 Å². The number of nitrogens with zero attached hydrogens (tertiary/aromatic N) is 1. The number of thioether (sulfide) groups is 1. The van der Waals surface area contributed by atoms with Crippen LogP contribution in [0.25, 0.3) is 0 Å². The highest BCUT2D eigenvalue weighted by Crippen LogP contribution is 2.40. The van der Waals surface area contributed by atoms with Crippen LogP contribution in [0.15, 0.2) is 52.4 Å². The molecule has 0 saturated carbocycles. The Hall–Kier alpha value is -3.33. The van der Waals surface area contributed by atoms with E-state index in [0.29, 0.717) is 33.5 Å². The van der Waals surface area contributed by atoms with Gasteiger partial charge in [0.25, 0.3) is 5.56 Å². The molecular formula is C22H20FN3O4S. The van der Waals surface area contributed by atoms with E-state index in [1.54, 1.807) is 37.4 Å². The SMILES string of the molecule is COc1ccc([C@@H]2CC(=O)Nc3nc(SCc4ccc(F)cc4)[nH]c(=O)c32)c(OC)c1. The number of amides is 1.